The summed E-state index contributed by atoms with van der Waals surface area (Å²) in [6, 6.07) is 12.2. The molecule has 0 aliphatic carbocycles. The fourth-order valence-electron chi connectivity index (χ4n) is 3.34. The van der Waals surface area contributed by atoms with Crippen LogP contribution in [0.4, 0.5) is 4.39 Å². The molecule has 2 aromatic carbocycles. The van der Waals surface area contributed by atoms with E-state index in [4.69, 9.17) is 9.47 Å². The number of rotatable bonds is 4. The highest BCUT2D eigenvalue weighted by molar-refractivity contribution is 5.78. The number of hydrogen-bond donors (Lipinski definition) is 0. The number of nitrogens with zero attached hydrogens (tertiary/aromatic N) is 2. The van der Waals surface area contributed by atoms with Crippen LogP contribution in [0.25, 0.3) is 0 Å². The van der Waals surface area contributed by atoms with Crippen LogP contribution in [0.2, 0.25) is 0 Å². The zero-order valence-corrected chi connectivity index (χ0v) is 14.5. The van der Waals surface area contributed by atoms with Crippen molar-refractivity contribution in [2.24, 2.45) is 0 Å². The van der Waals surface area contributed by atoms with E-state index in [2.05, 4.69) is 11.0 Å². The molecule has 136 valence electrons. The molecule has 2 aromatic rings. The molecule has 4 rings (SSSR count). The van der Waals surface area contributed by atoms with Gasteiger partial charge in [0.2, 0.25) is 12.7 Å². The van der Waals surface area contributed by atoms with Crippen LogP contribution in [0.1, 0.15) is 11.1 Å². The van der Waals surface area contributed by atoms with Crippen LogP contribution in [-0.4, -0.2) is 48.7 Å². The summed E-state index contributed by atoms with van der Waals surface area (Å²) in [5.74, 6) is 1.42. The summed E-state index contributed by atoms with van der Waals surface area (Å²) in [7, 11) is 0. The first-order valence-corrected chi connectivity index (χ1v) is 8.80. The maximum absolute atomic E-state index is 13.0. The molecular weight excluding hydrogens is 335 g/mol. The average Bonchev–Trinajstić information content (AvgIpc) is 3.12. The van der Waals surface area contributed by atoms with Gasteiger partial charge < -0.3 is 14.4 Å². The lowest BCUT2D eigenvalue weighted by atomic mass is 10.1. The van der Waals surface area contributed by atoms with Gasteiger partial charge in [-0.25, -0.2) is 4.39 Å². The fraction of sp³-hybridized carbons (Fsp3) is 0.350. The van der Waals surface area contributed by atoms with Crippen LogP contribution in [-0.2, 0) is 17.8 Å². The van der Waals surface area contributed by atoms with E-state index in [1.807, 2.05) is 17.0 Å². The lowest BCUT2D eigenvalue weighted by molar-refractivity contribution is -0.132. The Morgan fingerprint density at radius 1 is 0.923 bits per heavy atom. The van der Waals surface area contributed by atoms with Gasteiger partial charge >= 0.3 is 0 Å². The Hall–Kier alpha value is -2.60. The molecule has 0 radical (unpaired) electrons. The molecule has 1 fully saturated rings. The second-order valence-corrected chi connectivity index (χ2v) is 6.65. The minimum absolute atomic E-state index is 0.0966. The van der Waals surface area contributed by atoms with E-state index in [1.54, 1.807) is 12.1 Å². The van der Waals surface area contributed by atoms with Crippen LogP contribution in [0.15, 0.2) is 42.5 Å². The van der Waals surface area contributed by atoms with Gasteiger partial charge in [0.25, 0.3) is 0 Å². The average molecular weight is 356 g/mol. The van der Waals surface area contributed by atoms with E-state index in [9.17, 15) is 9.18 Å². The van der Waals surface area contributed by atoms with E-state index < -0.39 is 0 Å². The lowest BCUT2D eigenvalue weighted by Crippen LogP contribution is -2.48. The van der Waals surface area contributed by atoms with Crippen LogP contribution in [0.5, 0.6) is 11.5 Å². The number of piperazine rings is 1. The monoisotopic (exact) mass is 356 g/mol. The first-order valence-electron chi connectivity index (χ1n) is 8.80. The predicted octanol–water partition coefficient (Wildman–Crippen LogP) is 2.44. The Balaban J connectivity index is 1.28. The number of amides is 1. The smallest absolute Gasteiger partial charge is 0.231 e. The molecule has 0 aromatic heterocycles. The van der Waals surface area contributed by atoms with Crippen LogP contribution in [0, 0.1) is 5.82 Å². The molecule has 0 atom stereocenters. The Labute approximate surface area is 151 Å². The summed E-state index contributed by atoms with van der Waals surface area (Å²) >= 11 is 0. The standard InChI is InChI=1S/C20H21FN2O3/c21-17-4-1-15(2-5-17)12-20(24)23-9-7-22(8-10-23)13-16-3-6-18-19(11-16)26-14-25-18/h1-6,11H,7-10,12-14H2. The Morgan fingerprint density at radius 3 is 2.38 bits per heavy atom. The molecule has 5 nitrogen and oxygen atoms in total. The van der Waals surface area contributed by atoms with Crippen molar-refractivity contribution in [3.8, 4) is 11.5 Å². The van der Waals surface area contributed by atoms with Gasteiger partial charge in [-0.2, -0.15) is 0 Å². The highest BCUT2D eigenvalue weighted by Crippen LogP contribution is 2.32. The van der Waals surface area contributed by atoms with E-state index in [0.717, 1.165) is 36.7 Å². The Kier molecular flexibility index (Phi) is 4.75. The van der Waals surface area contributed by atoms with Crippen molar-refractivity contribution in [3.05, 3.63) is 59.4 Å². The highest BCUT2D eigenvalue weighted by atomic mass is 19.1. The SMILES string of the molecule is O=C(Cc1ccc(F)cc1)N1CCN(Cc2ccc3c(c2)OCO3)CC1. The van der Waals surface area contributed by atoms with Crippen molar-refractivity contribution in [3.63, 3.8) is 0 Å². The number of fused-ring (bicyclic) bond motifs is 1. The zero-order valence-electron chi connectivity index (χ0n) is 14.5. The third-order valence-electron chi connectivity index (χ3n) is 4.84. The number of carbonyl (C=O) groups excluding carboxylic acids is 1. The molecule has 2 heterocycles. The van der Waals surface area contributed by atoms with Crippen LogP contribution < -0.4 is 9.47 Å². The summed E-state index contributed by atoms with van der Waals surface area (Å²) in [6.07, 6.45) is 0.322. The van der Waals surface area contributed by atoms with Crippen molar-refractivity contribution in [2.75, 3.05) is 33.0 Å². The molecule has 0 unspecified atom stereocenters. The summed E-state index contributed by atoms with van der Waals surface area (Å²) in [4.78, 5) is 16.6. The minimum Gasteiger partial charge on any atom is -0.454 e. The van der Waals surface area contributed by atoms with Gasteiger partial charge in [-0.1, -0.05) is 18.2 Å². The molecule has 0 bridgehead atoms. The van der Waals surface area contributed by atoms with Gasteiger partial charge in [-0.15, -0.1) is 0 Å². The normalized spacial score (nSPS) is 16.7. The van der Waals surface area contributed by atoms with Crippen LogP contribution >= 0.6 is 0 Å². The van der Waals surface area contributed by atoms with Gasteiger partial charge in [0.15, 0.2) is 11.5 Å². The molecule has 0 saturated carbocycles. The van der Waals surface area contributed by atoms with Crippen molar-refractivity contribution >= 4 is 5.91 Å². The van der Waals surface area contributed by atoms with E-state index in [-0.39, 0.29) is 18.5 Å². The zero-order chi connectivity index (χ0) is 17.9. The second-order valence-electron chi connectivity index (χ2n) is 6.65. The number of carbonyl (C=O) groups is 1. The van der Waals surface area contributed by atoms with Gasteiger partial charge in [-0.05, 0) is 35.4 Å². The highest BCUT2D eigenvalue weighted by Gasteiger charge is 2.22. The molecule has 1 amide bonds. The first kappa shape index (κ1) is 16.8. The molecular formula is C20H21FN2O3. The summed E-state index contributed by atoms with van der Waals surface area (Å²) in [5.41, 5.74) is 2.03. The minimum atomic E-state index is -0.279. The second kappa shape index (κ2) is 7.33. The topological polar surface area (TPSA) is 42.0 Å². The van der Waals surface area contributed by atoms with Crippen LogP contribution in [0.3, 0.4) is 0 Å². The van der Waals surface area contributed by atoms with Crippen molar-refractivity contribution in [2.45, 2.75) is 13.0 Å². The lowest BCUT2D eigenvalue weighted by Gasteiger charge is -2.34. The van der Waals surface area contributed by atoms with E-state index >= 15 is 0 Å². The molecule has 0 spiro atoms. The fourth-order valence-corrected chi connectivity index (χ4v) is 3.34. The van der Waals surface area contributed by atoms with Crippen molar-refractivity contribution < 1.29 is 18.7 Å². The number of benzene rings is 2. The Bertz CT molecular complexity index is 786. The largest absolute Gasteiger partial charge is 0.454 e. The predicted molar refractivity (Wildman–Crippen MR) is 94.5 cm³/mol. The van der Waals surface area contributed by atoms with E-state index in [1.165, 1.54) is 17.7 Å². The van der Waals surface area contributed by atoms with Crippen molar-refractivity contribution in [1.82, 2.24) is 9.80 Å². The maximum atomic E-state index is 13.0. The van der Waals surface area contributed by atoms with Gasteiger partial charge in [-0.3, -0.25) is 9.69 Å². The summed E-state index contributed by atoms with van der Waals surface area (Å²) in [6.45, 7) is 4.21. The number of ether oxygens (including phenoxy) is 2. The van der Waals surface area contributed by atoms with Crippen molar-refractivity contribution in [1.29, 1.82) is 0 Å². The summed E-state index contributed by atoms with van der Waals surface area (Å²) < 4.78 is 23.7. The quantitative estimate of drug-likeness (QED) is 0.844. The first-order chi connectivity index (χ1) is 12.7. The Morgan fingerprint density at radius 2 is 1.62 bits per heavy atom. The maximum Gasteiger partial charge on any atom is 0.231 e. The summed E-state index contributed by atoms with van der Waals surface area (Å²) in [5, 5.41) is 0. The van der Waals surface area contributed by atoms with Gasteiger partial charge in [0, 0.05) is 32.7 Å². The van der Waals surface area contributed by atoms with Gasteiger partial charge in [0.1, 0.15) is 5.82 Å². The molecule has 26 heavy (non-hydrogen) atoms. The molecule has 2 aliphatic heterocycles. The van der Waals surface area contributed by atoms with Gasteiger partial charge in [0.05, 0.1) is 6.42 Å². The third-order valence-corrected chi connectivity index (χ3v) is 4.84. The number of halogens is 1. The third kappa shape index (κ3) is 3.80. The number of hydrogen-bond acceptors (Lipinski definition) is 4. The molecule has 2 aliphatic rings. The molecule has 6 heteroatoms. The molecule has 1 saturated heterocycles. The van der Waals surface area contributed by atoms with E-state index in [0.29, 0.717) is 19.5 Å². The molecule has 0 N–H and O–H groups in total.